The fourth-order valence-electron chi connectivity index (χ4n) is 2.85. The van der Waals surface area contributed by atoms with Crippen LogP contribution in [-0.2, 0) is 0 Å². The molecule has 3 rings (SSSR count). The maximum Gasteiger partial charge on any atom is 0.162 e. The van der Waals surface area contributed by atoms with Gasteiger partial charge in [0.2, 0.25) is 0 Å². The Morgan fingerprint density at radius 1 is 1.00 bits per heavy atom. The third-order valence-electron chi connectivity index (χ3n) is 4.26. The first-order chi connectivity index (χ1) is 13.3. The highest BCUT2D eigenvalue weighted by molar-refractivity contribution is 5.93. The van der Waals surface area contributed by atoms with Crippen molar-refractivity contribution in [2.24, 2.45) is 5.41 Å². The molecule has 0 aliphatic heterocycles. The van der Waals surface area contributed by atoms with Crippen LogP contribution < -0.4 is 20.1 Å². The zero-order valence-electron chi connectivity index (χ0n) is 16.9. The van der Waals surface area contributed by atoms with Gasteiger partial charge in [0.05, 0.1) is 14.2 Å². The number of hydrogen-bond donors (Lipinski definition) is 2. The summed E-state index contributed by atoms with van der Waals surface area (Å²) < 4.78 is 25.0. The second-order valence-corrected chi connectivity index (χ2v) is 7.80. The molecule has 0 radical (unpaired) electrons. The first-order valence-electron chi connectivity index (χ1n) is 9.13. The Bertz CT molecular complexity index is 983. The van der Waals surface area contributed by atoms with Crippen LogP contribution in [0.4, 0.5) is 21.6 Å². The third-order valence-corrected chi connectivity index (χ3v) is 4.26. The van der Waals surface area contributed by atoms with E-state index in [1.807, 2.05) is 30.3 Å². The largest absolute Gasteiger partial charge is 0.493 e. The minimum Gasteiger partial charge on any atom is -0.493 e. The van der Waals surface area contributed by atoms with Gasteiger partial charge in [-0.15, -0.1) is 0 Å². The quantitative estimate of drug-likeness (QED) is 0.581. The predicted octanol–water partition coefficient (Wildman–Crippen LogP) is 5.59. The van der Waals surface area contributed by atoms with Crippen LogP contribution >= 0.6 is 0 Å². The maximum atomic E-state index is 14.4. The second-order valence-electron chi connectivity index (χ2n) is 7.80. The number of pyridine rings is 1. The van der Waals surface area contributed by atoms with Gasteiger partial charge in [0.1, 0.15) is 17.2 Å². The fourth-order valence-corrected chi connectivity index (χ4v) is 2.85. The van der Waals surface area contributed by atoms with Gasteiger partial charge in [-0.3, -0.25) is 0 Å². The number of ether oxygens (including phenoxy) is 2. The van der Waals surface area contributed by atoms with Crippen molar-refractivity contribution in [1.29, 1.82) is 0 Å². The molecule has 5 nitrogen and oxygen atoms in total. The molecule has 6 heteroatoms. The molecular weight excluding hydrogens is 357 g/mol. The standard InChI is InChI=1S/C22H26FN3O2/c1-22(2,3)13-24-17-12-20(26-21-15(17)7-6-8-16(21)23)25-14-9-10-18(27-4)19(11-14)28-5/h6-12H,13H2,1-5H3,(H2,24,25,26). The van der Waals surface area contributed by atoms with E-state index in [4.69, 9.17) is 9.47 Å². The van der Waals surface area contributed by atoms with Crippen molar-refractivity contribution < 1.29 is 13.9 Å². The summed E-state index contributed by atoms with van der Waals surface area (Å²) in [6, 6.07) is 12.4. The molecule has 0 unspecified atom stereocenters. The van der Waals surface area contributed by atoms with Crippen LogP contribution in [0.1, 0.15) is 20.8 Å². The smallest absolute Gasteiger partial charge is 0.162 e. The van der Waals surface area contributed by atoms with Gasteiger partial charge < -0.3 is 20.1 Å². The summed E-state index contributed by atoms with van der Waals surface area (Å²) in [6.45, 7) is 7.19. The molecule has 0 atom stereocenters. The van der Waals surface area contributed by atoms with Gasteiger partial charge in [0, 0.05) is 35.4 Å². The second kappa shape index (κ2) is 7.92. The van der Waals surface area contributed by atoms with Crippen LogP contribution in [0.5, 0.6) is 11.5 Å². The van der Waals surface area contributed by atoms with Crippen molar-refractivity contribution in [2.45, 2.75) is 20.8 Å². The number of para-hydroxylation sites is 1. The van der Waals surface area contributed by atoms with Crippen LogP contribution in [0.2, 0.25) is 0 Å². The lowest BCUT2D eigenvalue weighted by Crippen LogP contribution is -2.19. The molecule has 28 heavy (non-hydrogen) atoms. The highest BCUT2D eigenvalue weighted by Gasteiger charge is 2.14. The van der Waals surface area contributed by atoms with Gasteiger partial charge in [-0.1, -0.05) is 32.9 Å². The van der Waals surface area contributed by atoms with Crippen molar-refractivity contribution >= 4 is 28.1 Å². The molecule has 0 saturated heterocycles. The molecule has 1 aromatic heterocycles. The molecule has 0 amide bonds. The van der Waals surface area contributed by atoms with Crippen molar-refractivity contribution in [3.05, 3.63) is 48.3 Å². The number of nitrogens with zero attached hydrogens (tertiary/aromatic N) is 1. The molecule has 1 heterocycles. The highest BCUT2D eigenvalue weighted by Crippen LogP contribution is 2.33. The maximum absolute atomic E-state index is 14.4. The van der Waals surface area contributed by atoms with E-state index < -0.39 is 0 Å². The molecule has 2 aromatic carbocycles. The van der Waals surface area contributed by atoms with Gasteiger partial charge in [0.25, 0.3) is 0 Å². The number of nitrogens with one attached hydrogen (secondary N) is 2. The van der Waals surface area contributed by atoms with Crippen LogP contribution in [0.15, 0.2) is 42.5 Å². The van der Waals surface area contributed by atoms with E-state index in [1.165, 1.54) is 6.07 Å². The van der Waals surface area contributed by atoms with E-state index in [9.17, 15) is 4.39 Å². The van der Waals surface area contributed by atoms with Gasteiger partial charge in [-0.05, 0) is 23.6 Å². The minimum atomic E-state index is -0.354. The number of halogens is 1. The minimum absolute atomic E-state index is 0.0832. The Balaban J connectivity index is 2.00. The third kappa shape index (κ3) is 4.44. The van der Waals surface area contributed by atoms with E-state index in [1.54, 1.807) is 20.3 Å². The lowest BCUT2D eigenvalue weighted by Gasteiger charge is -2.21. The predicted molar refractivity (Wildman–Crippen MR) is 112 cm³/mol. The Morgan fingerprint density at radius 2 is 1.75 bits per heavy atom. The van der Waals surface area contributed by atoms with Gasteiger partial charge in [-0.2, -0.15) is 0 Å². The zero-order valence-corrected chi connectivity index (χ0v) is 16.9. The number of anilines is 3. The molecule has 148 valence electrons. The highest BCUT2D eigenvalue weighted by atomic mass is 19.1. The summed E-state index contributed by atoms with van der Waals surface area (Å²) in [5.41, 5.74) is 2.01. The van der Waals surface area contributed by atoms with Gasteiger partial charge in [0.15, 0.2) is 11.5 Å². The monoisotopic (exact) mass is 383 g/mol. The topological polar surface area (TPSA) is 55.4 Å². The normalized spacial score (nSPS) is 11.4. The van der Waals surface area contributed by atoms with E-state index >= 15 is 0 Å². The van der Waals surface area contributed by atoms with Gasteiger partial charge in [-0.25, -0.2) is 9.37 Å². The summed E-state index contributed by atoms with van der Waals surface area (Å²) in [7, 11) is 3.17. The molecule has 0 saturated carbocycles. The van der Waals surface area contributed by atoms with Crippen molar-refractivity contribution in [2.75, 3.05) is 31.4 Å². The molecule has 0 aliphatic carbocycles. The fraction of sp³-hybridized carbons (Fsp3) is 0.318. The summed E-state index contributed by atoms with van der Waals surface area (Å²) in [6.07, 6.45) is 0. The Kier molecular flexibility index (Phi) is 5.58. The van der Waals surface area contributed by atoms with E-state index in [0.29, 0.717) is 22.8 Å². The van der Waals surface area contributed by atoms with Crippen LogP contribution in [0, 0.1) is 11.2 Å². The van der Waals surface area contributed by atoms with E-state index in [0.717, 1.165) is 23.3 Å². The van der Waals surface area contributed by atoms with Crippen molar-refractivity contribution in [3.8, 4) is 11.5 Å². The molecular formula is C22H26FN3O2. The molecule has 0 bridgehead atoms. The van der Waals surface area contributed by atoms with Crippen molar-refractivity contribution in [3.63, 3.8) is 0 Å². The lowest BCUT2D eigenvalue weighted by atomic mass is 9.97. The average molecular weight is 383 g/mol. The van der Waals surface area contributed by atoms with E-state index in [2.05, 4.69) is 36.4 Å². The summed E-state index contributed by atoms with van der Waals surface area (Å²) in [4.78, 5) is 4.48. The lowest BCUT2D eigenvalue weighted by molar-refractivity contribution is 0.355. The number of hydrogen-bond acceptors (Lipinski definition) is 5. The molecule has 2 N–H and O–H groups in total. The summed E-state index contributed by atoms with van der Waals surface area (Å²) in [5.74, 6) is 1.43. The van der Waals surface area contributed by atoms with Crippen molar-refractivity contribution in [1.82, 2.24) is 4.98 Å². The summed E-state index contributed by atoms with van der Waals surface area (Å²) >= 11 is 0. The Morgan fingerprint density at radius 3 is 2.43 bits per heavy atom. The van der Waals surface area contributed by atoms with Crippen LogP contribution in [0.3, 0.4) is 0 Å². The summed E-state index contributed by atoms with van der Waals surface area (Å²) in [5, 5.41) is 7.42. The number of rotatable bonds is 6. The number of methoxy groups -OCH3 is 2. The number of fused-ring (bicyclic) bond motifs is 1. The zero-order chi connectivity index (χ0) is 20.3. The van der Waals surface area contributed by atoms with Gasteiger partial charge >= 0.3 is 0 Å². The molecule has 0 fully saturated rings. The first kappa shape index (κ1) is 19.7. The number of aromatic nitrogens is 1. The SMILES string of the molecule is COc1ccc(Nc2cc(NCC(C)(C)C)c3cccc(F)c3n2)cc1OC. The molecule has 0 aliphatic rings. The van der Waals surface area contributed by atoms with E-state index in [-0.39, 0.29) is 11.2 Å². The van der Waals surface area contributed by atoms with Crippen LogP contribution in [0.25, 0.3) is 10.9 Å². The molecule has 3 aromatic rings. The first-order valence-corrected chi connectivity index (χ1v) is 9.13. The Hall–Kier alpha value is -3.02. The number of benzene rings is 2. The van der Waals surface area contributed by atoms with Crippen LogP contribution in [-0.4, -0.2) is 25.7 Å². The average Bonchev–Trinajstić information content (AvgIpc) is 2.66. The Labute approximate surface area is 164 Å². The molecule has 0 spiro atoms.